The molecule has 1 amide bonds. The lowest BCUT2D eigenvalue weighted by molar-refractivity contribution is -0.154. The average Bonchev–Trinajstić information content (AvgIpc) is 2.90. The van der Waals surface area contributed by atoms with Gasteiger partial charge in [0.05, 0.1) is 17.5 Å². The number of hydrogen-bond acceptors (Lipinski definition) is 6. The summed E-state index contributed by atoms with van der Waals surface area (Å²) in [7, 11) is -3.85. The number of ether oxygens (including phenoxy) is 1. The fourth-order valence-electron chi connectivity index (χ4n) is 5.07. The molecule has 1 aliphatic heterocycles. The van der Waals surface area contributed by atoms with Gasteiger partial charge in [-0.2, -0.15) is 0 Å². The molecule has 1 aliphatic rings. The highest BCUT2D eigenvalue weighted by molar-refractivity contribution is 7.92. The van der Waals surface area contributed by atoms with Crippen LogP contribution in [0.3, 0.4) is 0 Å². The Morgan fingerprint density at radius 2 is 1.55 bits per heavy atom. The first-order chi connectivity index (χ1) is 20.7. The SMILES string of the molecule is CC(C)(C)OC(=O)CCCNC(=O)c1cc(F)cc(NS(=O)(=O)CC2CN(C(c3ccc(Cl)cc3)c3ccc(Cl)cc3)C2)c1. The topological polar surface area (TPSA) is 105 Å². The fourth-order valence-corrected chi connectivity index (χ4v) is 6.71. The van der Waals surface area contributed by atoms with Gasteiger partial charge in [0, 0.05) is 47.6 Å². The first kappa shape index (κ1) is 33.7. The largest absolute Gasteiger partial charge is 0.460 e. The molecular weight excluding hydrogens is 628 g/mol. The molecular formula is C32H36Cl2FN3O5S. The van der Waals surface area contributed by atoms with Crippen molar-refractivity contribution < 1.29 is 27.1 Å². The summed E-state index contributed by atoms with van der Waals surface area (Å²) >= 11 is 12.2. The van der Waals surface area contributed by atoms with Crippen LogP contribution in [0.2, 0.25) is 10.0 Å². The number of carbonyl (C=O) groups is 2. The maximum atomic E-state index is 14.4. The number of rotatable bonds is 12. The number of nitrogens with one attached hydrogen (secondary N) is 2. The summed E-state index contributed by atoms with van der Waals surface area (Å²) in [6.45, 7) is 6.52. The Morgan fingerprint density at radius 3 is 2.09 bits per heavy atom. The molecule has 1 saturated heterocycles. The van der Waals surface area contributed by atoms with E-state index in [0.717, 1.165) is 23.3 Å². The Hall–Kier alpha value is -3.18. The number of carbonyl (C=O) groups excluding carboxylic acids is 2. The van der Waals surface area contributed by atoms with Crippen molar-refractivity contribution in [3.05, 3.63) is 99.3 Å². The zero-order valence-corrected chi connectivity index (χ0v) is 27.1. The minimum Gasteiger partial charge on any atom is -0.460 e. The first-order valence-electron chi connectivity index (χ1n) is 14.2. The van der Waals surface area contributed by atoms with E-state index in [-0.39, 0.29) is 47.9 Å². The van der Waals surface area contributed by atoms with Crippen LogP contribution < -0.4 is 10.0 Å². The van der Waals surface area contributed by atoms with Crippen molar-refractivity contribution in [2.45, 2.75) is 45.3 Å². The molecule has 44 heavy (non-hydrogen) atoms. The maximum Gasteiger partial charge on any atom is 0.306 e. The Balaban J connectivity index is 1.33. The van der Waals surface area contributed by atoms with Crippen molar-refractivity contribution in [1.29, 1.82) is 0 Å². The van der Waals surface area contributed by atoms with E-state index in [2.05, 4.69) is 14.9 Å². The van der Waals surface area contributed by atoms with Crippen molar-refractivity contribution in [2.24, 2.45) is 5.92 Å². The number of amides is 1. The number of sulfonamides is 1. The van der Waals surface area contributed by atoms with Gasteiger partial charge in [0.1, 0.15) is 11.4 Å². The number of anilines is 1. The van der Waals surface area contributed by atoms with Crippen LogP contribution in [-0.2, 0) is 19.6 Å². The van der Waals surface area contributed by atoms with Crippen molar-refractivity contribution in [3.63, 3.8) is 0 Å². The summed E-state index contributed by atoms with van der Waals surface area (Å²) in [5.41, 5.74) is 1.36. The quantitative estimate of drug-likeness (QED) is 0.171. The monoisotopic (exact) mass is 663 g/mol. The molecule has 0 atom stereocenters. The highest BCUT2D eigenvalue weighted by atomic mass is 35.5. The van der Waals surface area contributed by atoms with Crippen LogP contribution in [0.4, 0.5) is 10.1 Å². The number of hydrogen-bond donors (Lipinski definition) is 2. The molecule has 2 N–H and O–H groups in total. The molecule has 0 spiro atoms. The lowest BCUT2D eigenvalue weighted by Crippen LogP contribution is -2.51. The van der Waals surface area contributed by atoms with Crippen molar-refractivity contribution in [1.82, 2.24) is 10.2 Å². The molecule has 236 valence electrons. The highest BCUT2D eigenvalue weighted by Crippen LogP contribution is 2.36. The van der Waals surface area contributed by atoms with Gasteiger partial charge in [-0.1, -0.05) is 47.5 Å². The summed E-state index contributed by atoms with van der Waals surface area (Å²) in [4.78, 5) is 26.6. The van der Waals surface area contributed by atoms with Crippen LogP contribution in [0.1, 0.15) is 61.1 Å². The molecule has 0 aromatic heterocycles. The minimum absolute atomic E-state index is 0.0384. The third-order valence-electron chi connectivity index (χ3n) is 6.87. The Morgan fingerprint density at radius 1 is 0.977 bits per heavy atom. The van der Waals surface area contributed by atoms with Gasteiger partial charge in [0.2, 0.25) is 10.0 Å². The Kier molecular flexibility index (Phi) is 10.9. The molecule has 1 fully saturated rings. The predicted octanol–water partition coefficient (Wildman–Crippen LogP) is 6.45. The van der Waals surface area contributed by atoms with E-state index < -0.39 is 27.3 Å². The van der Waals surface area contributed by atoms with E-state index in [1.165, 1.54) is 6.07 Å². The minimum atomic E-state index is -3.85. The van der Waals surface area contributed by atoms with Crippen LogP contribution in [0.5, 0.6) is 0 Å². The summed E-state index contributed by atoms with van der Waals surface area (Å²) in [5.74, 6) is -2.04. The van der Waals surface area contributed by atoms with Crippen LogP contribution in [-0.4, -0.2) is 56.2 Å². The lowest BCUT2D eigenvalue weighted by atomic mass is 9.91. The molecule has 8 nitrogen and oxygen atoms in total. The van der Waals surface area contributed by atoms with Gasteiger partial charge in [0.25, 0.3) is 5.91 Å². The van der Waals surface area contributed by atoms with Crippen molar-refractivity contribution in [2.75, 3.05) is 30.1 Å². The predicted molar refractivity (Wildman–Crippen MR) is 171 cm³/mol. The standard InChI is InChI=1S/C32H36Cl2FN3O5S/c1-32(2,3)43-29(39)5-4-14-36-31(40)24-15-27(35)17-28(16-24)37-44(41,42)20-21-18-38(19-21)30(22-6-10-25(33)11-7-22)23-8-12-26(34)13-9-23/h6-13,15-17,21,30,37H,4-5,14,18-20H2,1-3H3,(H,36,40). The molecule has 1 heterocycles. The average molecular weight is 665 g/mol. The third kappa shape index (κ3) is 9.92. The molecule has 0 bridgehead atoms. The molecule has 4 rings (SSSR count). The van der Waals surface area contributed by atoms with E-state index in [0.29, 0.717) is 29.6 Å². The summed E-state index contributed by atoms with van der Waals surface area (Å²) in [5, 5.41) is 3.87. The van der Waals surface area contributed by atoms with Crippen molar-refractivity contribution in [3.8, 4) is 0 Å². The highest BCUT2D eigenvalue weighted by Gasteiger charge is 2.36. The third-order valence-corrected chi connectivity index (χ3v) is 8.83. The molecule has 0 aliphatic carbocycles. The number of likely N-dealkylation sites (tertiary alicyclic amines) is 1. The Labute approximate surface area is 267 Å². The second-order valence-corrected chi connectivity index (χ2v) is 14.5. The first-order valence-corrected chi connectivity index (χ1v) is 16.6. The van der Waals surface area contributed by atoms with E-state index >= 15 is 0 Å². The van der Waals surface area contributed by atoms with E-state index in [1.807, 2.05) is 48.5 Å². The Bertz CT molecular complexity index is 1530. The summed E-state index contributed by atoms with van der Waals surface area (Å²) in [6.07, 6.45) is 0.454. The van der Waals surface area contributed by atoms with Gasteiger partial charge in [0.15, 0.2) is 0 Å². The second-order valence-electron chi connectivity index (χ2n) is 11.9. The normalized spacial score (nSPS) is 14.2. The number of nitrogens with zero attached hydrogens (tertiary/aromatic N) is 1. The van der Waals surface area contributed by atoms with E-state index in [1.54, 1.807) is 20.8 Å². The molecule has 0 unspecified atom stereocenters. The zero-order chi connectivity index (χ0) is 32.1. The molecule has 3 aromatic carbocycles. The van der Waals surface area contributed by atoms with Gasteiger partial charge >= 0.3 is 5.97 Å². The van der Waals surface area contributed by atoms with Crippen LogP contribution in [0.25, 0.3) is 0 Å². The van der Waals surface area contributed by atoms with Gasteiger partial charge in [-0.3, -0.25) is 19.2 Å². The van der Waals surface area contributed by atoms with Gasteiger partial charge in [-0.15, -0.1) is 0 Å². The number of esters is 1. The summed E-state index contributed by atoms with van der Waals surface area (Å²) in [6, 6.07) is 18.3. The summed E-state index contributed by atoms with van der Waals surface area (Å²) < 4.78 is 48.1. The molecule has 3 aromatic rings. The van der Waals surface area contributed by atoms with Crippen molar-refractivity contribution >= 4 is 50.8 Å². The number of halogens is 3. The molecule has 0 saturated carbocycles. The fraction of sp³-hybridized carbons (Fsp3) is 0.375. The lowest BCUT2D eigenvalue weighted by Gasteiger charge is -2.44. The van der Waals surface area contributed by atoms with Crippen LogP contribution >= 0.6 is 23.2 Å². The molecule has 12 heteroatoms. The number of benzene rings is 3. The smallest absolute Gasteiger partial charge is 0.306 e. The zero-order valence-electron chi connectivity index (χ0n) is 24.8. The van der Waals surface area contributed by atoms with Crippen LogP contribution in [0.15, 0.2) is 66.7 Å². The van der Waals surface area contributed by atoms with Gasteiger partial charge in [-0.05, 0) is 80.8 Å². The molecule has 0 radical (unpaired) electrons. The van der Waals surface area contributed by atoms with Gasteiger partial charge in [-0.25, -0.2) is 12.8 Å². The van der Waals surface area contributed by atoms with Crippen LogP contribution in [0, 0.1) is 11.7 Å². The second kappa shape index (κ2) is 14.3. The maximum absolute atomic E-state index is 14.4. The van der Waals surface area contributed by atoms with E-state index in [4.69, 9.17) is 27.9 Å². The van der Waals surface area contributed by atoms with E-state index in [9.17, 15) is 22.4 Å². The van der Waals surface area contributed by atoms with Gasteiger partial charge < -0.3 is 10.1 Å².